The van der Waals surface area contributed by atoms with Crippen molar-refractivity contribution in [1.29, 1.82) is 0 Å². The molecule has 1 aromatic carbocycles. The van der Waals surface area contributed by atoms with Crippen LogP contribution in [0.3, 0.4) is 0 Å². The Bertz CT molecular complexity index is 425. The van der Waals surface area contributed by atoms with Gasteiger partial charge in [0.05, 0.1) is 13.2 Å². The summed E-state index contributed by atoms with van der Waals surface area (Å²) in [6.45, 7) is 10.8. The summed E-state index contributed by atoms with van der Waals surface area (Å²) in [5, 5.41) is 3.65. The summed E-state index contributed by atoms with van der Waals surface area (Å²) in [7, 11) is 0. The second-order valence-electron chi connectivity index (χ2n) is 5.94. The fraction of sp³-hybridized carbons (Fsp3) is 0.529. The summed E-state index contributed by atoms with van der Waals surface area (Å²) in [5.41, 5.74) is 3.22. The van der Waals surface area contributed by atoms with E-state index in [2.05, 4.69) is 50.0 Å². The van der Waals surface area contributed by atoms with Crippen molar-refractivity contribution in [3.8, 4) is 0 Å². The lowest BCUT2D eigenvalue weighted by Crippen LogP contribution is -2.33. The van der Waals surface area contributed by atoms with Gasteiger partial charge in [0, 0.05) is 12.6 Å². The third kappa shape index (κ3) is 3.46. The lowest BCUT2D eigenvalue weighted by molar-refractivity contribution is 0.132. The SMILES string of the molecule is C=CCCOCCNC1c2ccccc2CC1(C)C. The van der Waals surface area contributed by atoms with Gasteiger partial charge < -0.3 is 10.1 Å². The van der Waals surface area contributed by atoms with Gasteiger partial charge in [-0.3, -0.25) is 0 Å². The summed E-state index contributed by atoms with van der Waals surface area (Å²) >= 11 is 0. The van der Waals surface area contributed by atoms with Crippen LogP contribution in [-0.4, -0.2) is 19.8 Å². The van der Waals surface area contributed by atoms with Gasteiger partial charge in [0.2, 0.25) is 0 Å². The normalized spacial score (nSPS) is 20.2. The zero-order chi connectivity index (χ0) is 13.7. The van der Waals surface area contributed by atoms with E-state index in [0.29, 0.717) is 6.04 Å². The van der Waals surface area contributed by atoms with Crippen LogP contribution in [0.15, 0.2) is 36.9 Å². The van der Waals surface area contributed by atoms with Gasteiger partial charge in [-0.2, -0.15) is 0 Å². The number of ether oxygens (including phenoxy) is 1. The molecule has 1 N–H and O–H groups in total. The van der Waals surface area contributed by atoms with Crippen molar-refractivity contribution < 1.29 is 4.74 Å². The van der Waals surface area contributed by atoms with Crippen molar-refractivity contribution in [2.75, 3.05) is 19.8 Å². The second-order valence-corrected chi connectivity index (χ2v) is 5.94. The Morgan fingerprint density at radius 1 is 1.37 bits per heavy atom. The molecule has 2 nitrogen and oxygen atoms in total. The Kier molecular flexibility index (Phi) is 4.78. The minimum atomic E-state index is 0.283. The average Bonchev–Trinajstić information content (AvgIpc) is 2.64. The fourth-order valence-electron chi connectivity index (χ4n) is 2.92. The van der Waals surface area contributed by atoms with Gasteiger partial charge in [0.25, 0.3) is 0 Å². The molecule has 1 aliphatic carbocycles. The summed E-state index contributed by atoms with van der Waals surface area (Å²) in [4.78, 5) is 0. The van der Waals surface area contributed by atoms with Crippen LogP contribution in [0.1, 0.15) is 37.4 Å². The standard InChI is InChI=1S/C17H25NO/c1-4-5-11-19-12-10-18-16-15-9-7-6-8-14(15)13-17(16,2)3/h4,6-9,16,18H,1,5,10-13H2,2-3H3. The first-order chi connectivity index (χ1) is 9.15. The van der Waals surface area contributed by atoms with Gasteiger partial charge in [0.15, 0.2) is 0 Å². The number of hydrogen-bond donors (Lipinski definition) is 1. The largest absolute Gasteiger partial charge is 0.380 e. The Labute approximate surface area is 116 Å². The molecule has 0 spiro atoms. The van der Waals surface area contributed by atoms with Gasteiger partial charge in [-0.15, -0.1) is 6.58 Å². The van der Waals surface area contributed by atoms with Gasteiger partial charge in [-0.25, -0.2) is 0 Å². The van der Waals surface area contributed by atoms with Crippen LogP contribution >= 0.6 is 0 Å². The van der Waals surface area contributed by atoms with Crippen LogP contribution in [0.5, 0.6) is 0 Å². The summed E-state index contributed by atoms with van der Waals surface area (Å²) in [5.74, 6) is 0. The van der Waals surface area contributed by atoms with Crippen LogP contribution in [0, 0.1) is 5.41 Å². The molecule has 19 heavy (non-hydrogen) atoms. The molecule has 0 saturated carbocycles. The topological polar surface area (TPSA) is 21.3 Å². The number of benzene rings is 1. The molecular weight excluding hydrogens is 234 g/mol. The maximum atomic E-state index is 5.56. The molecule has 0 aromatic heterocycles. The Balaban J connectivity index is 1.87. The maximum absolute atomic E-state index is 5.56. The van der Waals surface area contributed by atoms with E-state index in [4.69, 9.17) is 4.74 Å². The molecule has 1 atom stereocenters. The first-order valence-electron chi connectivity index (χ1n) is 7.15. The maximum Gasteiger partial charge on any atom is 0.0591 e. The highest BCUT2D eigenvalue weighted by Gasteiger charge is 2.37. The first-order valence-corrected chi connectivity index (χ1v) is 7.15. The van der Waals surface area contributed by atoms with Crippen LogP contribution in [0.2, 0.25) is 0 Å². The predicted octanol–water partition coefficient (Wildman–Crippen LogP) is 3.49. The van der Waals surface area contributed by atoms with Crippen molar-refractivity contribution in [2.45, 2.75) is 32.7 Å². The van der Waals surface area contributed by atoms with Crippen LogP contribution < -0.4 is 5.32 Å². The Hall–Kier alpha value is -1.12. The molecule has 0 saturated heterocycles. The molecule has 0 fully saturated rings. The average molecular weight is 259 g/mol. The molecule has 0 radical (unpaired) electrons. The number of rotatable bonds is 7. The Morgan fingerprint density at radius 2 is 2.16 bits per heavy atom. The minimum absolute atomic E-state index is 0.283. The molecule has 0 amide bonds. The van der Waals surface area contributed by atoms with E-state index in [1.807, 2.05) is 6.08 Å². The zero-order valence-electron chi connectivity index (χ0n) is 12.1. The predicted molar refractivity (Wildman–Crippen MR) is 80.3 cm³/mol. The highest BCUT2D eigenvalue weighted by Crippen LogP contribution is 2.44. The third-order valence-corrected chi connectivity index (χ3v) is 3.85. The number of fused-ring (bicyclic) bond motifs is 1. The molecule has 1 unspecified atom stereocenters. The first kappa shape index (κ1) is 14.3. The zero-order valence-corrected chi connectivity index (χ0v) is 12.1. The van der Waals surface area contributed by atoms with Gasteiger partial charge in [-0.1, -0.05) is 44.2 Å². The number of hydrogen-bond acceptors (Lipinski definition) is 2. The second kappa shape index (κ2) is 6.36. The minimum Gasteiger partial charge on any atom is -0.380 e. The van der Waals surface area contributed by atoms with E-state index in [0.717, 1.165) is 32.6 Å². The summed E-state index contributed by atoms with van der Waals surface area (Å²) in [6.07, 6.45) is 3.97. The molecule has 0 heterocycles. The molecule has 0 aliphatic heterocycles. The molecule has 1 aromatic rings. The lowest BCUT2D eigenvalue weighted by atomic mass is 9.85. The van der Waals surface area contributed by atoms with Crippen LogP contribution in [0.4, 0.5) is 0 Å². The molecule has 2 rings (SSSR count). The molecule has 104 valence electrons. The van der Waals surface area contributed by atoms with Crippen molar-refractivity contribution in [1.82, 2.24) is 5.32 Å². The quantitative estimate of drug-likeness (QED) is 0.598. The summed E-state index contributed by atoms with van der Waals surface area (Å²) < 4.78 is 5.56. The van der Waals surface area contributed by atoms with Crippen LogP contribution in [0.25, 0.3) is 0 Å². The Morgan fingerprint density at radius 3 is 2.95 bits per heavy atom. The highest BCUT2D eigenvalue weighted by atomic mass is 16.5. The van der Waals surface area contributed by atoms with Crippen molar-refractivity contribution in [3.05, 3.63) is 48.0 Å². The molecule has 2 heteroatoms. The molecular formula is C17H25NO. The van der Waals surface area contributed by atoms with Gasteiger partial charge in [-0.05, 0) is 29.4 Å². The van der Waals surface area contributed by atoms with Gasteiger partial charge in [0.1, 0.15) is 0 Å². The van der Waals surface area contributed by atoms with Gasteiger partial charge >= 0.3 is 0 Å². The van der Waals surface area contributed by atoms with E-state index >= 15 is 0 Å². The fourth-order valence-corrected chi connectivity index (χ4v) is 2.92. The van der Waals surface area contributed by atoms with E-state index in [9.17, 15) is 0 Å². The number of nitrogens with one attached hydrogen (secondary N) is 1. The van der Waals surface area contributed by atoms with E-state index < -0.39 is 0 Å². The molecule has 1 aliphatic rings. The van der Waals surface area contributed by atoms with Crippen molar-refractivity contribution in [3.63, 3.8) is 0 Å². The lowest BCUT2D eigenvalue weighted by Gasteiger charge is -2.28. The van der Waals surface area contributed by atoms with Crippen LogP contribution in [-0.2, 0) is 11.2 Å². The monoisotopic (exact) mass is 259 g/mol. The van der Waals surface area contributed by atoms with E-state index in [1.54, 1.807) is 0 Å². The molecule has 0 bridgehead atoms. The smallest absolute Gasteiger partial charge is 0.0591 e. The van der Waals surface area contributed by atoms with Crippen molar-refractivity contribution >= 4 is 0 Å². The van der Waals surface area contributed by atoms with E-state index in [-0.39, 0.29) is 5.41 Å². The highest BCUT2D eigenvalue weighted by molar-refractivity contribution is 5.37. The van der Waals surface area contributed by atoms with E-state index in [1.165, 1.54) is 11.1 Å². The summed E-state index contributed by atoms with van der Waals surface area (Å²) in [6, 6.07) is 9.21. The third-order valence-electron chi connectivity index (χ3n) is 3.85. The van der Waals surface area contributed by atoms with Crippen molar-refractivity contribution in [2.24, 2.45) is 5.41 Å².